The van der Waals surface area contributed by atoms with Crippen molar-refractivity contribution in [3.05, 3.63) is 29.0 Å². The van der Waals surface area contributed by atoms with Crippen LogP contribution in [0.15, 0.2) is 18.2 Å². The number of fused-ring (bicyclic) bond motifs is 1. The van der Waals surface area contributed by atoms with Gasteiger partial charge in [-0.15, -0.1) is 0 Å². The van der Waals surface area contributed by atoms with Crippen LogP contribution >= 0.6 is 11.6 Å². The molecule has 2 amide bonds. The number of ether oxygens (including phenoxy) is 2. The van der Waals surface area contributed by atoms with Crippen LogP contribution in [0.5, 0.6) is 5.75 Å². The van der Waals surface area contributed by atoms with E-state index in [1.807, 2.05) is 0 Å². The molecule has 4 aliphatic rings. The summed E-state index contributed by atoms with van der Waals surface area (Å²) >= 11 is 5.64. The van der Waals surface area contributed by atoms with Gasteiger partial charge in [-0.1, -0.05) is 11.6 Å². The Morgan fingerprint density at radius 3 is 2.50 bits per heavy atom. The van der Waals surface area contributed by atoms with E-state index in [0.717, 1.165) is 44.8 Å². The molecule has 0 radical (unpaired) electrons. The van der Waals surface area contributed by atoms with E-state index in [9.17, 15) is 14.0 Å². The molecule has 164 valence electrons. The minimum absolute atomic E-state index is 0.00492. The molecule has 1 aromatic rings. The van der Waals surface area contributed by atoms with Crippen molar-refractivity contribution in [3.63, 3.8) is 0 Å². The number of rotatable bonds is 8. The van der Waals surface area contributed by atoms with Crippen LogP contribution in [0.2, 0.25) is 5.02 Å². The number of amides is 2. The zero-order valence-corrected chi connectivity index (χ0v) is 17.5. The summed E-state index contributed by atoms with van der Waals surface area (Å²) < 4.78 is 24.5. The molecule has 0 spiro atoms. The number of benzene rings is 1. The first-order chi connectivity index (χ1) is 14.4. The first-order valence-corrected chi connectivity index (χ1v) is 10.8. The fraction of sp³-hybridized carbons (Fsp3) is 0.619. The summed E-state index contributed by atoms with van der Waals surface area (Å²) in [6.07, 6.45) is 5.19. The van der Waals surface area contributed by atoms with Crippen LogP contribution < -0.4 is 20.7 Å². The van der Waals surface area contributed by atoms with E-state index in [1.165, 1.54) is 12.1 Å². The quantitative estimate of drug-likeness (QED) is 0.576. The Balaban J connectivity index is 1.18. The fourth-order valence-electron chi connectivity index (χ4n) is 4.91. The van der Waals surface area contributed by atoms with Gasteiger partial charge >= 0.3 is 0 Å². The second-order valence-electron chi connectivity index (χ2n) is 8.65. The molecule has 30 heavy (non-hydrogen) atoms. The molecule has 0 aromatic heterocycles. The molecule has 3 saturated carbocycles. The first-order valence-electron chi connectivity index (χ1n) is 10.4. The van der Waals surface area contributed by atoms with Gasteiger partial charge in [-0.3, -0.25) is 9.59 Å². The average molecular weight is 440 g/mol. The predicted octanol–water partition coefficient (Wildman–Crippen LogP) is 1.92. The van der Waals surface area contributed by atoms with Crippen molar-refractivity contribution in [1.29, 1.82) is 0 Å². The lowest BCUT2D eigenvalue weighted by atomic mass is 9.71. The van der Waals surface area contributed by atoms with Crippen LogP contribution in [-0.4, -0.2) is 55.3 Å². The Bertz CT molecular complexity index is 809. The molecule has 2 bridgehead atoms. The maximum atomic E-state index is 13.4. The zero-order chi connectivity index (χ0) is 21.2. The highest BCUT2D eigenvalue weighted by molar-refractivity contribution is 6.30. The summed E-state index contributed by atoms with van der Waals surface area (Å²) in [5.41, 5.74) is -0.550. The molecule has 1 atom stereocenters. The molecule has 1 heterocycles. The van der Waals surface area contributed by atoms with E-state index < -0.39 is 5.82 Å². The normalized spacial score (nSPS) is 29.7. The largest absolute Gasteiger partial charge is 0.484 e. The fourth-order valence-corrected chi connectivity index (χ4v) is 5.03. The predicted molar refractivity (Wildman–Crippen MR) is 109 cm³/mol. The summed E-state index contributed by atoms with van der Waals surface area (Å²) in [5.74, 6) is -0.706. The van der Waals surface area contributed by atoms with Crippen molar-refractivity contribution in [2.24, 2.45) is 0 Å². The Hall–Kier alpha value is -1.90. The first kappa shape index (κ1) is 21.3. The van der Waals surface area contributed by atoms with Crippen molar-refractivity contribution in [1.82, 2.24) is 16.0 Å². The Morgan fingerprint density at radius 1 is 1.17 bits per heavy atom. The third-order valence-corrected chi connectivity index (χ3v) is 6.51. The highest BCUT2D eigenvalue weighted by Crippen LogP contribution is 2.55. The van der Waals surface area contributed by atoms with Crippen LogP contribution in [0.3, 0.4) is 0 Å². The number of hydrogen-bond donors (Lipinski definition) is 3. The second kappa shape index (κ2) is 8.69. The number of hydrogen-bond acceptors (Lipinski definition) is 5. The van der Waals surface area contributed by atoms with Crippen molar-refractivity contribution >= 4 is 23.4 Å². The smallest absolute Gasteiger partial charge is 0.258 e. The van der Waals surface area contributed by atoms with Gasteiger partial charge in [0.1, 0.15) is 18.2 Å². The lowest BCUT2D eigenvalue weighted by Crippen LogP contribution is -2.65. The van der Waals surface area contributed by atoms with E-state index in [4.69, 9.17) is 21.1 Å². The topological polar surface area (TPSA) is 88.7 Å². The Morgan fingerprint density at radius 2 is 1.87 bits per heavy atom. The Labute approximate surface area is 180 Å². The third-order valence-electron chi connectivity index (χ3n) is 6.21. The summed E-state index contributed by atoms with van der Waals surface area (Å²) in [5, 5.41) is 9.40. The van der Waals surface area contributed by atoms with E-state index in [0.29, 0.717) is 12.8 Å². The molecule has 3 aliphatic carbocycles. The van der Waals surface area contributed by atoms with Crippen molar-refractivity contribution in [2.45, 2.75) is 55.7 Å². The molecule has 5 rings (SSSR count). The van der Waals surface area contributed by atoms with E-state index in [1.54, 1.807) is 0 Å². The molecular formula is C21H27ClFN3O4. The SMILES string of the molecule is O=C(COc1ccc(Cl)c(F)c1)NC12CCC(NC(=O)COC3CCCNC3)(C1)C2. The van der Waals surface area contributed by atoms with E-state index >= 15 is 0 Å². The van der Waals surface area contributed by atoms with Crippen LogP contribution in [-0.2, 0) is 14.3 Å². The van der Waals surface area contributed by atoms with Crippen molar-refractivity contribution in [3.8, 4) is 5.75 Å². The molecule has 1 unspecified atom stereocenters. The lowest BCUT2D eigenvalue weighted by molar-refractivity contribution is -0.131. The van der Waals surface area contributed by atoms with Crippen LogP contribution in [0, 0.1) is 5.82 Å². The Kier molecular flexibility index (Phi) is 6.18. The highest BCUT2D eigenvalue weighted by atomic mass is 35.5. The molecule has 9 heteroatoms. The van der Waals surface area contributed by atoms with Crippen molar-refractivity contribution < 1.29 is 23.5 Å². The van der Waals surface area contributed by atoms with E-state index in [2.05, 4.69) is 16.0 Å². The van der Waals surface area contributed by atoms with Crippen LogP contribution in [0.1, 0.15) is 38.5 Å². The van der Waals surface area contributed by atoms with Gasteiger partial charge < -0.3 is 25.4 Å². The number of carbonyl (C=O) groups excluding carboxylic acids is 2. The summed E-state index contributed by atoms with van der Waals surface area (Å²) in [6, 6.07) is 4.05. The average Bonchev–Trinajstić information content (AvgIpc) is 3.22. The second-order valence-corrected chi connectivity index (χ2v) is 9.06. The van der Waals surface area contributed by atoms with Gasteiger partial charge in [0.15, 0.2) is 6.61 Å². The molecule has 1 saturated heterocycles. The van der Waals surface area contributed by atoms with Gasteiger partial charge in [0.25, 0.3) is 5.91 Å². The van der Waals surface area contributed by atoms with Gasteiger partial charge in [0, 0.05) is 23.7 Å². The van der Waals surface area contributed by atoms with Gasteiger partial charge in [-0.25, -0.2) is 4.39 Å². The van der Waals surface area contributed by atoms with Crippen molar-refractivity contribution in [2.75, 3.05) is 26.3 Å². The number of carbonyl (C=O) groups is 2. The number of nitrogens with one attached hydrogen (secondary N) is 3. The minimum Gasteiger partial charge on any atom is -0.484 e. The maximum absolute atomic E-state index is 13.4. The lowest BCUT2D eigenvalue weighted by Gasteiger charge is -2.48. The molecule has 7 nitrogen and oxygen atoms in total. The molecule has 1 aliphatic heterocycles. The third kappa shape index (κ3) is 4.87. The number of piperidine rings is 1. The molecule has 4 fully saturated rings. The van der Waals surface area contributed by atoms with Crippen LogP contribution in [0.4, 0.5) is 4.39 Å². The van der Waals surface area contributed by atoms with Gasteiger partial charge in [-0.05, 0) is 57.2 Å². The van der Waals surface area contributed by atoms with Crippen LogP contribution in [0.25, 0.3) is 0 Å². The van der Waals surface area contributed by atoms with Gasteiger partial charge in [0.05, 0.1) is 11.1 Å². The standard InChI is InChI=1S/C21H27ClFN3O4/c22-16-4-3-14(8-17(16)23)29-10-18(27)25-20-5-6-21(12-20,13-20)26-19(28)11-30-15-2-1-7-24-9-15/h3-4,8,15,24H,1-2,5-7,9-13H2,(H,25,27)(H,26,28). The minimum atomic E-state index is -0.591. The summed E-state index contributed by atoms with van der Waals surface area (Å²) in [4.78, 5) is 24.6. The van der Waals surface area contributed by atoms with Gasteiger partial charge in [0.2, 0.25) is 5.91 Å². The summed E-state index contributed by atoms with van der Waals surface area (Å²) in [7, 11) is 0. The molecule has 1 aromatic carbocycles. The monoisotopic (exact) mass is 439 g/mol. The maximum Gasteiger partial charge on any atom is 0.258 e. The molecule has 3 N–H and O–H groups in total. The highest BCUT2D eigenvalue weighted by Gasteiger charge is 2.62. The molecular weight excluding hydrogens is 413 g/mol. The van der Waals surface area contributed by atoms with Gasteiger partial charge in [-0.2, -0.15) is 0 Å². The summed E-state index contributed by atoms with van der Waals surface area (Å²) in [6.45, 7) is 1.66. The number of halogens is 2. The zero-order valence-electron chi connectivity index (χ0n) is 16.8. The van der Waals surface area contributed by atoms with E-state index in [-0.39, 0.29) is 53.0 Å².